The molecule has 1 aliphatic rings. The molecule has 28 heavy (non-hydrogen) atoms. The molecule has 1 saturated carbocycles. The minimum absolute atomic E-state index is 0. The highest BCUT2D eigenvalue weighted by Crippen LogP contribution is 2.43. The fraction of sp³-hybridized carbons (Fsp3) is 0.714. The fourth-order valence-electron chi connectivity index (χ4n) is 2.97. The molecule has 1 aromatic rings. The minimum Gasteiger partial charge on any atom is -0.120 e. The van der Waals surface area contributed by atoms with Gasteiger partial charge < -0.3 is 0 Å². The van der Waals surface area contributed by atoms with Gasteiger partial charge in [-0.15, -0.1) is 12.3 Å². The third kappa shape index (κ3) is 14.8. The van der Waals surface area contributed by atoms with Crippen LogP contribution in [-0.4, -0.2) is 0 Å². The summed E-state index contributed by atoms with van der Waals surface area (Å²) in [6, 6.07) is 8.86. The smallest absolute Gasteiger partial charge is 0.0285 e. The van der Waals surface area contributed by atoms with E-state index in [0.29, 0.717) is 5.41 Å². The first-order valence-corrected chi connectivity index (χ1v) is 11.4. The van der Waals surface area contributed by atoms with Crippen LogP contribution >= 0.6 is 0 Å². The molecule has 2 rings (SSSR count). The summed E-state index contributed by atoms with van der Waals surface area (Å²) < 4.78 is 0. The van der Waals surface area contributed by atoms with Crippen molar-refractivity contribution in [1.82, 2.24) is 0 Å². The Kier molecular flexibility index (Phi) is 17.3. The van der Waals surface area contributed by atoms with Gasteiger partial charge in [0.05, 0.1) is 0 Å². The quantitative estimate of drug-likeness (QED) is 0.390. The molecule has 1 fully saturated rings. The van der Waals surface area contributed by atoms with Crippen LogP contribution in [0, 0.1) is 36.5 Å². The average molecular weight is 387 g/mol. The van der Waals surface area contributed by atoms with Crippen molar-refractivity contribution >= 4 is 0 Å². The van der Waals surface area contributed by atoms with Gasteiger partial charge in [-0.05, 0) is 50.5 Å². The lowest BCUT2D eigenvalue weighted by Crippen LogP contribution is -1.97. The van der Waals surface area contributed by atoms with Crippen molar-refractivity contribution in [1.29, 1.82) is 0 Å². The highest BCUT2D eigenvalue weighted by molar-refractivity contribution is 5.21. The van der Waals surface area contributed by atoms with E-state index in [2.05, 4.69) is 78.7 Å². The van der Waals surface area contributed by atoms with Gasteiger partial charge in [-0.3, -0.25) is 0 Å². The number of hydrogen-bond acceptors (Lipinski definition) is 0. The fourth-order valence-corrected chi connectivity index (χ4v) is 2.97. The van der Waals surface area contributed by atoms with Crippen LogP contribution in [0.3, 0.4) is 0 Å². The monoisotopic (exact) mass is 386 g/mol. The van der Waals surface area contributed by atoms with Crippen molar-refractivity contribution in [2.24, 2.45) is 17.3 Å². The standard InChI is InChI=1S/C12H18.C9H20.C6H8.CH4/c1-4-10(2)9-12-7-5-11(3)6-8-12;1-4-7-9(6-3)8-5-2;1-3-6(2)4-5-6;/h5-8,10H,4,9H2,1-3H3;9H,4-8H2,1-3H3;1H,4-5H2,2H3;1H4. The van der Waals surface area contributed by atoms with Gasteiger partial charge in [0.1, 0.15) is 0 Å². The molecule has 162 valence electrons. The van der Waals surface area contributed by atoms with E-state index in [-0.39, 0.29) is 7.43 Å². The predicted octanol–water partition coefficient (Wildman–Crippen LogP) is 9.25. The molecule has 0 heterocycles. The SMILES string of the molecule is C.C#CC1(C)CC1.CCC(C)Cc1ccc(C)cc1.CCCC(CC)CCC. The maximum absolute atomic E-state index is 5.12. The number of terminal acetylenes is 1. The van der Waals surface area contributed by atoms with Crippen LogP contribution in [0.5, 0.6) is 0 Å². The zero-order valence-corrected chi connectivity index (χ0v) is 19.4. The number of rotatable bonds is 8. The molecule has 1 aliphatic carbocycles. The Morgan fingerprint density at radius 1 is 0.964 bits per heavy atom. The normalized spacial score (nSPS) is 14.4. The molecule has 1 aromatic carbocycles. The van der Waals surface area contributed by atoms with Crippen LogP contribution in [0.1, 0.15) is 111 Å². The second kappa shape index (κ2) is 16.7. The van der Waals surface area contributed by atoms with Crippen molar-refractivity contribution in [2.45, 2.75) is 114 Å². The molecule has 0 radical (unpaired) electrons. The number of hydrogen-bond donors (Lipinski definition) is 0. The van der Waals surface area contributed by atoms with Gasteiger partial charge in [-0.2, -0.15) is 0 Å². The Morgan fingerprint density at radius 3 is 1.75 bits per heavy atom. The van der Waals surface area contributed by atoms with Gasteiger partial charge in [0.15, 0.2) is 0 Å². The Bertz CT molecular complexity index is 492. The molecule has 0 spiro atoms. The predicted molar refractivity (Wildman–Crippen MR) is 131 cm³/mol. The van der Waals surface area contributed by atoms with Gasteiger partial charge in [0.2, 0.25) is 0 Å². The van der Waals surface area contributed by atoms with Crippen molar-refractivity contribution in [3.05, 3.63) is 35.4 Å². The first-order chi connectivity index (χ1) is 12.8. The zero-order valence-electron chi connectivity index (χ0n) is 19.4. The van der Waals surface area contributed by atoms with Gasteiger partial charge in [0, 0.05) is 5.41 Å². The summed E-state index contributed by atoms with van der Waals surface area (Å²) in [5.41, 5.74) is 3.14. The highest BCUT2D eigenvalue weighted by Gasteiger charge is 2.34. The molecular weight excluding hydrogens is 336 g/mol. The van der Waals surface area contributed by atoms with E-state index in [1.165, 1.54) is 68.9 Å². The lowest BCUT2D eigenvalue weighted by Gasteiger charge is -2.10. The maximum atomic E-state index is 5.12. The van der Waals surface area contributed by atoms with Crippen LogP contribution in [-0.2, 0) is 6.42 Å². The van der Waals surface area contributed by atoms with Crippen LogP contribution in [0.2, 0.25) is 0 Å². The summed E-state index contributed by atoms with van der Waals surface area (Å²) in [6.07, 6.45) is 17.1. The van der Waals surface area contributed by atoms with E-state index in [1.54, 1.807) is 0 Å². The lowest BCUT2D eigenvalue weighted by molar-refractivity contribution is 0.427. The molecule has 0 amide bonds. The highest BCUT2D eigenvalue weighted by atomic mass is 14.4. The van der Waals surface area contributed by atoms with Gasteiger partial charge in [-0.25, -0.2) is 0 Å². The Labute approximate surface area is 178 Å². The molecule has 0 nitrogen and oxygen atoms in total. The minimum atomic E-state index is 0. The largest absolute Gasteiger partial charge is 0.120 e. The molecule has 1 atom stereocenters. The second-order valence-electron chi connectivity index (χ2n) is 8.76. The molecule has 0 heteroatoms. The van der Waals surface area contributed by atoms with Crippen LogP contribution in [0.4, 0.5) is 0 Å². The van der Waals surface area contributed by atoms with E-state index in [1.807, 2.05) is 0 Å². The Morgan fingerprint density at radius 2 is 1.46 bits per heavy atom. The lowest BCUT2D eigenvalue weighted by atomic mass is 9.96. The maximum Gasteiger partial charge on any atom is 0.0285 e. The summed E-state index contributed by atoms with van der Waals surface area (Å²) in [5, 5.41) is 0. The van der Waals surface area contributed by atoms with Crippen LogP contribution < -0.4 is 0 Å². The molecule has 1 unspecified atom stereocenters. The average Bonchev–Trinajstić information content (AvgIpc) is 3.42. The van der Waals surface area contributed by atoms with E-state index >= 15 is 0 Å². The molecule has 0 bridgehead atoms. The molecule has 0 N–H and O–H groups in total. The van der Waals surface area contributed by atoms with E-state index < -0.39 is 0 Å². The number of aryl methyl sites for hydroxylation is 1. The Balaban J connectivity index is 0. The number of benzene rings is 1. The van der Waals surface area contributed by atoms with Gasteiger partial charge in [-0.1, -0.05) is 110 Å². The summed E-state index contributed by atoms with van der Waals surface area (Å²) in [6.45, 7) is 15.7. The van der Waals surface area contributed by atoms with Crippen molar-refractivity contribution in [3.8, 4) is 12.3 Å². The molecule has 0 saturated heterocycles. The first kappa shape index (κ1) is 29.0. The van der Waals surface area contributed by atoms with Crippen molar-refractivity contribution in [3.63, 3.8) is 0 Å². The Hall–Kier alpha value is -1.22. The van der Waals surface area contributed by atoms with E-state index in [0.717, 1.165) is 11.8 Å². The molecular formula is C28H50. The van der Waals surface area contributed by atoms with Crippen molar-refractivity contribution < 1.29 is 0 Å². The molecule has 0 aromatic heterocycles. The topological polar surface area (TPSA) is 0 Å². The molecule has 0 aliphatic heterocycles. The van der Waals surface area contributed by atoms with E-state index in [4.69, 9.17) is 6.42 Å². The third-order valence-corrected chi connectivity index (χ3v) is 5.72. The van der Waals surface area contributed by atoms with E-state index in [9.17, 15) is 0 Å². The second-order valence-corrected chi connectivity index (χ2v) is 8.76. The van der Waals surface area contributed by atoms with Gasteiger partial charge in [0.25, 0.3) is 0 Å². The van der Waals surface area contributed by atoms with Crippen molar-refractivity contribution in [2.75, 3.05) is 0 Å². The van der Waals surface area contributed by atoms with Gasteiger partial charge >= 0.3 is 0 Å². The zero-order chi connectivity index (χ0) is 20.7. The first-order valence-electron chi connectivity index (χ1n) is 11.4. The summed E-state index contributed by atoms with van der Waals surface area (Å²) in [7, 11) is 0. The summed E-state index contributed by atoms with van der Waals surface area (Å²) >= 11 is 0. The third-order valence-electron chi connectivity index (χ3n) is 5.72. The summed E-state index contributed by atoms with van der Waals surface area (Å²) in [5.74, 6) is 4.54. The van der Waals surface area contributed by atoms with Crippen LogP contribution in [0.15, 0.2) is 24.3 Å². The van der Waals surface area contributed by atoms with Crippen LogP contribution in [0.25, 0.3) is 0 Å². The summed E-state index contributed by atoms with van der Waals surface area (Å²) in [4.78, 5) is 0.